The van der Waals surface area contributed by atoms with Crippen molar-refractivity contribution in [2.24, 2.45) is 5.92 Å². The summed E-state index contributed by atoms with van der Waals surface area (Å²) in [4.78, 5) is 26.6. The zero-order valence-electron chi connectivity index (χ0n) is 14.4. The number of methoxy groups -OCH3 is 1. The molecule has 0 saturated carbocycles. The van der Waals surface area contributed by atoms with Crippen LogP contribution in [0.5, 0.6) is 5.75 Å². The van der Waals surface area contributed by atoms with Crippen LogP contribution in [0, 0.1) is 5.92 Å². The Morgan fingerprint density at radius 2 is 2.08 bits per heavy atom. The molecule has 2 atom stereocenters. The lowest BCUT2D eigenvalue weighted by Crippen LogP contribution is -2.46. The van der Waals surface area contributed by atoms with Crippen molar-refractivity contribution in [2.75, 3.05) is 14.2 Å². The van der Waals surface area contributed by atoms with Crippen molar-refractivity contribution in [3.05, 3.63) is 54.0 Å². The van der Waals surface area contributed by atoms with Crippen LogP contribution in [0.2, 0.25) is 0 Å². The number of hydrogen-bond donors (Lipinski definition) is 1. The highest BCUT2D eigenvalue weighted by Gasteiger charge is 2.38. The third-order valence-corrected chi connectivity index (χ3v) is 4.67. The maximum absolute atomic E-state index is 12.7. The fraction of sp³-hybridized carbons (Fsp3) is 0.368. The molecule has 25 heavy (non-hydrogen) atoms. The molecule has 1 aliphatic rings. The van der Waals surface area contributed by atoms with Crippen molar-refractivity contribution < 1.29 is 18.7 Å². The van der Waals surface area contributed by atoms with Gasteiger partial charge in [0.25, 0.3) is 0 Å². The number of nitrogens with one attached hydrogen (secondary N) is 1. The summed E-state index contributed by atoms with van der Waals surface area (Å²) >= 11 is 0. The third-order valence-electron chi connectivity index (χ3n) is 4.67. The number of amides is 2. The van der Waals surface area contributed by atoms with Crippen molar-refractivity contribution in [3.63, 3.8) is 0 Å². The SMILES string of the molecule is COc1ccc([C@H]2[C@@H](C(=O)NCc3ccco3)CCC(=O)N2C)cc1. The maximum Gasteiger partial charge on any atom is 0.225 e. The second kappa shape index (κ2) is 7.42. The minimum absolute atomic E-state index is 0.0518. The molecule has 1 aromatic heterocycles. The van der Waals surface area contributed by atoms with Crippen LogP contribution in [-0.2, 0) is 16.1 Å². The monoisotopic (exact) mass is 342 g/mol. The summed E-state index contributed by atoms with van der Waals surface area (Å²) in [6, 6.07) is 10.8. The van der Waals surface area contributed by atoms with Crippen molar-refractivity contribution in [1.82, 2.24) is 10.2 Å². The predicted molar refractivity (Wildman–Crippen MR) is 91.8 cm³/mol. The molecule has 2 aromatic rings. The molecule has 1 aliphatic heterocycles. The average Bonchev–Trinajstić information content (AvgIpc) is 3.15. The molecular formula is C19H22N2O4. The van der Waals surface area contributed by atoms with Gasteiger partial charge in [0.15, 0.2) is 0 Å². The number of carbonyl (C=O) groups excluding carboxylic acids is 2. The summed E-state index contributed by atoms with van der Waals surface area (Å²) in [7, 11) is 3.36. The molecule has 1 N–H and O–H groups in total. The summed E-state index contributed by atoms with van der Waals surface area (Å²) in [5.41, 5.74) is 0.925. The van der Waals surface area contributed by atoms with E-state index in [1.807, 2.05) is 30.3 Å². The Morgan fingerprint density at radius 3 is 2.72 bits per heavy atom. The van der Waals surface area contributed by atoms with Crippen molar-refractivity contribution in [2.45, 2.75) is 25.4 Å². The largest absolute Gasteiger partial charge is 0.497 e. The molecule has 0 radical (unpaired) electrons. The van der Waals surface area contributed by atoms with Gasteiger partial charge in [-0.2, -0.15) is 0 Å². The quantitative estimate of drug-likeness (QED) is 0.906. The zero-order valence-corrected chi connectivity index (χ0v) is 14.4. The highest BCUT2D eigenvalue weighted by Crippen LogP contribution is 2.36. The van der Waals surface area contributed by atoms with Gasteiger partial charge < -0.3 is 19.4 Å². The number of likely N-dealkylation sites (tertiary alicyclic amines) is 1. The molecule has 132 valence electrons. The van der Waals surface area contributed by atoms with Gasteiger partial charge >= 0.3 is 0 Å². The number of rotatable bonds is 5. The first-order valence-corrected chi connectivity index (χ1v) is 8.30. The van der Waals surface area contributed by atoms with Gasteiger partial charge in [0.05, 0.1) is 31.9 Å². The topological polar surface area (TPSA) is 71.8 Å². The van der Waals surface area contributed by atoms with Crippen molar-refractivity contribution in [3.8, 4) is 5.75 Å². The highest BCUT2D eigenvalue weighted by atomic mass is 16.5. The molecule has 0 aliphatic carbocycles. The van der Waals surface area contributed by atoms with E-state index in [0.717, 1.165) is 11.3 Å². The van der Waals surface area contributed by atoms with Gasteiger partial charge in [0, 0.05) is 13.5 Å². The number of benzene rings is 1. The smallest absolute Gasteiger partial charge is 0.225 e. The van der Waals surface area contributed by atoms with Crippen LogP contribution < -0.4 is 10.1 Å². The molecule has 6 nitrogen and oxygen atoms in total. The summed E-state index contributed by atoms with van der Waals surface area (Å²) in [5.74, 6) is 1.13. The molecule has 0 bridgehead atoms. The first-order valence-electron chi connectivity index (χ1n) is 8.30. The molecule has 2 heterocycles. The Kier molecular flexibility index (Phi) is 5.07. The van der Waals surface area contributed by atoms with Gasteiger partial charge in [0.1, 0.15) is 11.5 Å². The first kappa shape index (κ1) is 17.1. The third kappa shape index (κ3) is 3.68. The van der Waals surface area contributed by atoms with Gasteiger partial charge in [-0.15, -0.1) is 0 Å². The Hall–Kier alpha value is -2.76. The molecular weight excluding hydrogens is 320 g/mol. The Bertz CT molecular complexity index is 724. The van der Waals surface area contributed by atoms with E-state index in [1.165, 1.54) is 0 Å². The lowest BCUT2D eigenvalue weighted by molar-refractivity contribution is -0.141. The van der Waals surface area contributed by atoms with Crippen LogP contribution in [0.1, 0.15) is 30.2 Å². The predicted octanol–water partition coefficient (Wildman–Crippen LogP) is 2.51. The van der Waals surface area contributed by atoms with E-state index in [2.05, 4.69) is 5.32 Å². The minimum atomic E-state index is -0.300. The second-order valence-corrected chi connectivity index (χ2v) is 6.16. The van der Waals surface area contributed by atoms with E-state index < -0.39 is 0 Å². The van der Waals surface area contributed by atoms with Crippen molar-refractivity contribution in [1.29, 1.82) is 0 Å². The van der Waals surface area contributed by atoms with Gasteiger partial charge in [-0.1, -0.05) is 12.1 Å². The number of nitrogens with zero attached hydrogens (tertiary/aromatic N) is 1. The highest BCUT2D eigenvalue weighted by molar-refractivity contribution is 5.84. The minimum Gasteiger partial charge on any atom is -0.497 e. The summed E-state index contributed by atoms with van der Waals surface area (Å²) in [6.45, 7) is 0.343. The maximum atomic E-state index is 12.7. The lowest BCUT2D eigenvalue weighted by Gasteiger charge is -2.38. The van der Waals surface area contributed by atoms with Crippen LogP contribution in [0.4, 0.5) is 0 Å². The molecule has 0 spiro atoms. The fourth-order valence-corrected chi connectivity index (χ4v) is 3.29. The number of carbonyl (C=O) groups is 2. The molecule has 3 rings (SSSR count). The summed E-state index contributed by atoms with van der Waals surface area (Å²) in [6.07, 6.45) is 2.49. The summed E-state index contributed by atoms with van der Waals surface area (Å²) < 4.78 is 10.4. The van der Waals surface area contributed by atoms with E-state index in [9.17, 15) is 9.59 Å². The second-order valence-electron chi connectivity index (χ2n) is 6.16. The van der Waals surface area contributed by atoms with E-state index in [4.69, 9.17) is 9.15 Å². The number of furan rings is 1. The molecule has 1 saturated heterocycles. The van der Waals surface area contributed by atoms with Gasteiger partial charge in [0.2, 0.25) is 11.8 Å². The Balaban J connectivity index is 1.79. The van der Waals surface area contributed by atoms with Crippen LogP contribution in [-0.4, -0.2) is 30.9 Å². The average molecular weight is 342 g/mol. The Morgan fingerprint density at radius 1 is 1.32 bits per heavy atom. The molecule has 0 unspecified atom stereocenters. The van der Waals surface area contributed by atoms with Crippen LogP contribution >= 0.6 is 0 Å². The van der Waals surface area contributed by atoms with E-state index in [-0.39, 0.29) is 23.8 Å². The fourth-order valence-electron chi connectivity index (χ4n) is 3.29. The van der Waals surface area contributed by atoms with Crippen LogP contribution in [0.15, 0.2) is 47.1 Å². The van der Waals surface area contributed by atoms with Crippen molar-refractivity contribution >= 4 is 11.8 Å². The van der Waals surface area contributed by atoms with Gasteiger partial charge in [-0.25, -0.2) is 0 Å². The number of ether oxygens (including phenoxy) is 1. The number of hydrogen-bond acceptors (Lipinski definition) is 4. The normalized spacial score (nSPS) is 20.4. The lowest BCUT2D eigenvalue weighted by atomic mass is 9.84. The molecule has 6 heteroatoms. The van der Waals surface area contributed by atoms with Gasteiger partial charge in [-0.3, -0.25) is 9.59 Å². The van der Waals surface area contributed by atoms with E-state index in [0.29, 0.717) is 25.1 Å². The molecule has 1 aromatic carbocycles. The standard InChI is InChI=1S/C19H22N2O4/c1-21-17(22)10-9-16(19(23)20-12-15-4-3-11-25-15)18(21)13-5-7-14(24-2)8-6-13/h3-8,11,16,18H,9-10,12H2,1-2H3,(H,20,23)/t16-,18-/m0/s1. The summed E-state index contributed by atoms with van der Waals surface area (Å²) in [5, 5.41) is 2.92. The van der Waals surface area contributed by atoms with Crippen LogP contribution in [0.25, 0.3) is 0 Å². The van der Waals surface area contributed by atoms with E-state index >= 15 is 0 Å². The first-order chi connectivity index (χ1) is 12.1. The van der Waals surface area contributed by atoms with Gasteiger partial charge in [-0.05, 0) is 36.2 Å². The van der Waals surface area contributed by atoms with Crippen LogP contribution in [0.3, 0.4) is 0 Å². The molecule has 1 fully saturated rings. The zero-order chi connectivity index (χ0) is 17.8. The Labute approximate surface area is 146 Å². The molecule has 2 amide bonds. The number of piperidine rings is 1. The van der Waals surface area contributed by atoms with E-state index in [1.54, 1.807) is 31.4 Å².